The van der Waals surface area contributed by atoms with E-state index >= 15 is 4.39 Å². The van der Waals surface area contributed by atoms with Crippen molar-refractivity contribution in [2.75, 3.05) is 29.6 Å². The number of carbonyl (C=O) groups is 2. The second kappa shape index (κ2) is 10.7. The summed E-state index contributed by atoms with van der Waals surface area (Å²) >= 11 is 0. The molecule has 1 atom stereocenters. The molecule has 9 nitrogen and oxygen atoms in total. The number of piperazine rings is 1. The highest BCUT2D eigenvalue weighted by Gasteiger charge is 2.38. The molecule has 0 radical (unpaired) electrons. The van der Waals surface area contributed by atoms with Gasteiger partial charge in [0, 0.05) is 25.7 Å². The lowest BCUT2D eigenvalue weighted by Crippen LogP contribution is -2.54. The first-order chi connectivity index (χ1) is 19.5. The zero-order valence-electron chi connectivity index (χ0n) is 22.8. The standard InChI is InChI=1S/C30H29F2N5O4/c1-5-25(39)34-13-14-35(18(4)16-34)28-20-15-22(32)27(26-21(31)10-8-12-24(26)38)37(41)29(20)36(30(40)33-28)23-11-7-6-9-19(23)17(2)3/h5-12,15,17-18,41H,1,13-14,16H2,2-4H3/b27-26-/t18-/m0/s1. The molecule has 0 saturated carbocycles. The zero-order valence-corrected chi connectivity index (χ0v) is 22.8. The van der Waals surface area contributed by atoms with Crippen LogP contribution < -0.4 is 15.7 Å². The Morgan fingerprint density at radius 2 is 1.90 bits per heavy atom. The number of ketones is 1. The molecule has 5 rings (SSSR count). The third-order valence-electron chi connectivity index (χ3n) is 7.39. The first-order valence-electron chi connectivity index (χ1n) is 13.2. The van der Waals surface area contributed by atoms with Gasteiger partial charge in [-0.05, 0) is 48.8 Å². The van der Waals surface area contributed by atoms with Crippen molar-refractivity contribution in [1.29, 1.82) is 0 Å². The van der Waals surface area contributed by atoms with Gasteiger partial charge in [-0.15, -0.1) is 0 Å². The fourth-order valence-electron chi connectivity index (χ4n) is 5.43. The van der Waals surface area contributed by atoms with Gasteiger partial charge in [-0.2, -0.15) is 4.98 Å². The number of hydrogen-bond donors (Lipinski definition) is 1. The van der Waals surface area contributed by atoms with Gasteiger partial charge in [-0.3, -0.25) is 14.8 Å². The lowest BCUT2D eigenvalue weighted by molar-refractivity contribution is -0.126. The highest BCUT2D eigenvalue weighted by molar-refractivity contribution is 6.10. The average Bonchev–Trinajstić information content (AvgIpc) is 2.94. The van der Waals surface area contributed by atoms with Crippen LogP contribution in [-0.2, 0) is 9.59 Å². The van der Waals surface area contributed by atoms with Crippen molar-refractivity contribution in [3.63, 3.8) is 0 Å². The Balaban J connectivity index is 1.79. The molecule has 1 fully saturated rings. The normalized spacial score (nSPS) is 20.7. The van der Waals surface area contributed by atoms with Crippen LogP contribution in [0.5, 0.6) is 0 Å². The molecule has 2 aromatic rings. The van der Waals surface area contributed by atoms with E-state index in [4.69, 9.17) is 0 Å². The van der Waals surface area contributed by atoms with Gasteiger partial charge < -0.3 is 9.80 Å². The van der Waals surface area contributed by atoms with Crippen molar-refractivity contribution in [2.45, 2.75) is 32.7 Å². The van der Waals surface area contributed by atoms with E-state index in [0.717, 1.165) is 28.4 Å². The van der Waals surface area contributed by atoms with Gasteiger partial charge in [0.1, 0.15) is 17.3 Å². The summed E-state index contributed by atoms with van der Waals surface area (Å²) in [5.74, 6) is -3.34. The smallest absolute Gasteiger partial charge is 0.350 e. The number of benzene rings is 1. The number of anilines is 2. The number of fused-ring (bicyclic) bond motifs is 1. The quantitative estimate of drug-likeness (QED) is 0.555. The van der Waals surface area contributed by atoms with Crippen LogP contribution in [0, 0.1) is 0 Å². The Kier molecular flexibility index (Phi) is 7.31. The highest BCUT2D eigenvalue weighted by Crippen LogP contribution is 2.43. The van der Waals surface area contributed by atoms with E-state index in [2.05, 4.69) is 11.6 Å². The average molecular weight is 562 g/mol. The molecule has 212 valence electrons. The van der Waals surface area contributed by atoms with Gasteiger partial charge in [0.2, 0.25) is 5.91 Å². The number of nitrogens with zero attached hydrogens (tertiary/aromatic N) is 5. The summed E-state index contributed by atoms with van der Waals surface area (Å²) in [7, 11) is 0. The number of rotatable bonds is 4. The van der Waals surface area contributed by atoms with Crippen LogP contribution in [0.4, 0.5) is 20.4 Å². The largest absolute Gasteiger partial charge is 0.355 e. The maximum absolute atomic E-state index is 15.8. The van der Waals surface area contributed by atoms with E-state index in [0.29, 0.717) is 23.8 Å². The number of allylic oxidation sites excluding steroid dienone is 6. The maximum atomic E-state index is 15.8. The molecule has 2 aliphatic heterocycles. The first kappa shape index (κ1) is 27.9. The molecule has 1 aromatic heterocycles. The van der Waals surface area contributed by atoms with E-state index in [9.17, 15) is 24.0 Å². The van der Waals surface area contributed by atoms with E-state index in [1.54, 1.807) is 28.0 Å². The zero-order chi connectivity index (χ0) is 29.6. The predicted molar refractivity (Wildman–Crippen MR) is 151 cm³/mol. The molecular formula is C30H29F2N5O4. The monoisotopic (exact) mass is 561 g/mol. The van der Waals surface area contributed by atoms with E-state index in [-0.39, 0.29) is 41.6 Å². The van der Waals surface area contributed by atoms with Gasteiger partial charge in [0.05, 0.1) is 16.8 Å². The second-order valence-electron chi connectivity index (χ2n) is 10.3. The molecule has 3 heterocycles. The van der Waals surface area contributed by atoms with Gasteiger partial charge in [-0.25, -0.2) is 23.2 Å². The molecular weight excluding hydrogens is 532 g/mol. The van der Waals surface area contributed by atoms with E-state index < -0.39 is 34.4 Å². The summed E-state index contributed by atoms with van der Waals surface area (Å²) in [5.41, 5.74) is -0.963. The Labute approximate surface area is 235 Å². The van der Waals surface area contributed by atoms with E-state index in [1.807, 2.05) is 26.8 Å². The SMILES string of the molecule is C=CC(=O)N1CCN(c2nc(=O)n(-c3ccccc3C(C)C)c3c2C=C(F)/C(=C2/C(=O)C=CC=C2F)N3O)[C@@H](C)C1. The Hall–Kier alpha value is -4.64. The number of para-hydroxylation sites is 1. The molecule has 1 aromatic carbocycles. The molecule has 0 bridgehead atoms. The summed E-state index contributed by atoms with van der Waals surface area (Å²) in [4.78, 5) is 46.4. The van der Waals surface area contributed by atoms with Crippen LogP contribution in [-0.4, -0.2) is 57.0 Å². The first-order valence-corrected chi connectivity index (χ1v) is 13.2. The Morgan fingerprint density at radius 1 is 1.17 bits per heavy atom. The van der Waals surface area contributed by atoms with Crippen molar-refractivity contribution < 1.29 is 23.6 Å². The van der Waals surface area contributed by atoms with Crippen LogP contribution >= 0.6 is 0 Å². The maximum Gasteiger partial charge on any atom is 0.355 e. The number of amides is 1. The molecule has 0 unspecified atom stereocenters. The van der Waals surface area contributed by atoms with Crippen molar-refractivity contribution in [1.82, 2.24) is 14.5 Å². The van der Waals surface area contributed by atoms with Crippen molar-refractivity contribution in [3.8, 4) is 5.69 Å². The van der Waals surface area contributed by atoms with Crippen LogP contribution in [0.15, 0.2) is 82.9 Å². The van der Waals surface area contributed by atoms with E-state index in [1.165, 1.54) is 12.2 Å². The number of hydrogen-bond acceptors (Lipinski definition) is 7. The Morgan fingerprint density at radius 3 is 2.56 bits per heavy atom. The minimum atomic E-state index is -1.08. The number of carbonyl (C=O) groups excluding carboxylic acids is 2. The van der Waals surface area contributed by atoms with Crippen LogP contribution in [0.2, 0.25) is 0 Å². The van der Waals surface area contributed by atoms with Crippen molar-refractivity contribution >= 4 is 29.4 Å². The molecule has 0 spiro atoms. The van der Waals surface area contributed by atoms with Crippen LogP contribution in [0.3, 0.4) is 0 Å². The predicted octanol–water partition coefficient (Wildman–Crippen LogP) is 4.35. The highest BCUT2D eigenvalue weighted by atomic mass is 19.1. The summed E-state index contributed by atoms with van der Waals surface area (Å²) in [6.45, 7) is 10.1. The fraction of sp³-hybridized carbons (Fsp3) is 0.267. The second-order valence-corrected chi connectivity index (χ2v) is 10.3. The van der Waals surface area contributed by atoms with Crippen molar-refractivity contribution in [3.05, 3.63) is 99.7 Å². The minimum absolute atomic E-state index is 0.0461. The Bertz CT molecular complexity index is 1650. The minimum Gasteiger partial charge on any atom is -0.350 e. The molecule has 1 amide bonds. The molecule has 1 aliphatic carbocycles. The van der Waals surface area contributed by atoms with Crippen molar-refractivity contribution in [2.24, 2.45) is 0 Å². The molecule has 1 N–H and O–H groups in total. The molecule has 1 saturated heterocycles. The fourth-order valence-corrected chi connectivity index (χ4v) is 5.43. The third-order valence-corrected chi connectivity index (χ3v) is 7.39. The summed E-state index contributed by atoms with van der Waals surface area (Å²) in [6.07, 6.45) is 5.52. The molecule has 3 aliphatic rings. The number of hydroxylamine groups is 1. The molecule has 11 heteroatoms. The van der Waals surface area contributed by atoms with Crippen LogP contribution in [0.1, 0.15) is 37.8 Å². The lowest BCUT2D eigenvalue weighted by atomic mass is 9.98. The van der Waals surface area contributed by atoms with Gasteiger partial charge >= 0.3 is 5.69 Å². The topological polar surface area (TPSA) is 99.0 Å². The number of aromatic nitrogens is 2. The van der Waals surface area contributed by atoms with Gasteiger partial charge in [0.15, 0.2) is 17.4 Å². The summed E-state index contributed by atoms with van der Waals surface area (Å²) in [5, 5.41) is 11.9. The molecule has 41 heavy (non-hydrogen) atoms. The van der Waals surface area contributed by atoms with Gasteiger partial charge in [0.25, 0.3) is 0 Å². The summed E-state index contributed by atoms with van der Waals surface area (Å²) in [6, 6.07) is 6.68. The summed E-state index contributed by atoms with van der Waals surface area (Å²) < 4.78 is 31.9. The van der Waals surface area contributed by atoms with Gasteiger partial charge in [-0.1, -0.05) is 44.7 Å². The van der Waals surface area contributed by atoms with Crippen LogP contribution in [0.25, 0.3) is 11.8 Å². The number of halogens is 2. The lowest BCUT2D eigenvalue weighted by Gasteiger charge is -2.41. The third kappa shape index (κ3) is 4.71.